The van der Waals surface area contributed by atoms with Gasteiger partial charge in [0.05, 0.1) is 5.92 Å². The first-order valence-electron chi connectivity index (χ1n) is 7.39. The normalized spacial score (nSPS) is 24.8. The standard InChI is InChI=1S/C16H22F3NO/c1-10-3-8-15(21)14(9-10)11(2)20-13-6-4-12(5-7-13)16(17,18)19/h3,8-9,11-13,20-21H,4-7H2,1-2H3. The Labute approximate surface area is 123 Å². The average molecular weight is 301 g/mol. The third-order valence-electron chi connectivity index (χ3n) is 4.33. The number of alkyl halides is 3. The molecule has 0 radical (unpaired) electrons. The van der Waals surface area contributed by atoms with Crippen molar-refractivity contribution in [3.8, 4) is 5.75 Å². The van der Waals surface area contributed by atoms with Crippen LogP contribution in [0, 0.1) is 12.8 Å². The highest BCUT2D eigenvalue weighted by Crippen LogP contribution is 2.38. The molecule has 1 aromatic rings. The number of phenolic OH excluding ortho intramolecular Hbond substituents is 1. The second kappa shape index (κ2) is 6.26. The molecule has 2 N–H and O–H groups in total. The molecule has 1 atom stereocenters. The van der Waals surface area contributed by atoms with E-state index >= 15 is 0 Å². The first-order chi connectivity index (χ1) is 9.77. The summed E-state index contributed by atoms with van der Waals surface area (Å²) in [6.45, 7) is 3.88. The molecule has 1 unspecified atom stereocenters. The summed E-state index contributed by atoms with van der Waals surface area (Å²) in [6, 6.07) is 5.41. The van der Waals surface area contributed by atoms with E-state index < -0.39 is 12.1 Å². The molecule has 1 aliphatic rings. The number of nitrogens with one attached hydrogen (secondary N) is 1. The van der Waals surface area contributed by atoms with Crippen molar-refractivity contribution in [2.75, 3.05) is 0 Å². The molecule has 0 spiro atoms. The van der Waals surface area contributed by atoms with Crippen LogP contribution in [-0.4, -0.2) is 17.3 Å². The van der Waals surface area contributed by atoms with Gasteiger partial charge in [0.1, 0.15) is 5.75 Å². The van der Waals surface area contributed by atoms with Crippen molar-refractivity contribution >= 4 is 0 Å². The van der Waals surface area contributed by atoms with Gasteiger partial charge in [-0.15, -0.1) is 0 Å². The number of hydrogen-bond donors (Lipinski definition) is 2. The fraction of sp³-hybridized carbons (Fsp3) is 0.625. The van der Waals surface area contributed by atoms with E-state index in [9.17, 15) is 18.3 Å². The SMILES string of the molecule is Cc1ccc(O)c(C(C)NC2CCC(C(F)(F)F)CC2)c1. The zero-order valence-electron chi connectivity index (χ0n) is 12.4. The van der Waals surface area contributed by atoms with Crippen LogP contribution < -0.4 is 5.32 Å². The van der Waals surface area contributed by atoms with Crippen molar-refractivity contribution in [2.24, 2.45) is 5.92 Å². The second-order valence-corrected chi connectivity index (χ2v) is 6.04. The van der Waals surface area contributed by atoms with Crippen molar-refractivity contribution < 1.29 is 18.3 Å². The Morgan fingerprint density at radius 3 is 2.38 bits per heavy atom. The maximum Gasteiger partial charge on any atom is 0.391 e. The van der Waals surface area contributed by atoms with Crippen LogP contribution in [0.1, 0.15) is 49.8 Å². The molecule has 0 bridgehead atoms. The molecular formula is C16H22F3NO. The van der Waals surface area contributed by atoms with Gasteiger partial charge in [-0.3, -0.25) is 0 Å². The van der Waals surface area contributed by atoms with E-state index in [0.29, 0.717) is 12.8 Å². The third-order valence-corrected chi connectivity index (χ3v) is 4.33. The van der Waals surface area contributed by atoms with E-state index in [0.717, 1.165) is 11.1 Å². The van der Waals surface area contributed by atoms with E-state index in [2.05, 4.69) is 5.32 Å². The molecule has 0 heterocycles. The van der Waals surface area contributed by atoms with E-state index in [1.807, 2.05) is 26.0 Å². The van der Waals surface area contributed by atoms with Crippen molar-refractivity contribution in [1.29, 1.82) is 0 Å². The lowest BCUT2D eigenvalue weighted by Crippen LogP contribution is -2.38. The lowest BCUT2D eigenvalue weighted by molar-refractivity contribution is -0.182. The highest BCUT2D eigenvalue weighted by molar-refractivity contribution is 5.37. The first-order valence-corrected chi connectivity index (χ1v) is 7.39. The Morgan fingerprint density at radius 1 is 1.19 bits per heavy atom. The lowest BCUT2D eigenvalue weighted by Gasteiger charge is -2.32. The fourth-order valence-corrected chi connectivity index (χ4v) is 3.05. The second-order valence-electron chi connectivity index (χ2n) is 6.04. The fourth-order valence-electron chi connectivity index (χ4n) is 3.05. The molecule has 1 aliphatic carbocycles. The number of rotatable bonds is 3. The molecular weight excluding hydrogens is 279 g/mol. The highest BCUT2D eigenvalue weighted by atomic mass is 19.4. The summed E-state index contributed by atoms with van der Waals surface area (Å²) in [7, 11) is 0. The van der Waals surface area contributed by atoms with Crippen molar-refractivity contribution in [3.05, 3.63) is 29.3 Å². The van der Waals surface area contributed by atoms with Gasteiger partial charge in [0.15, 0.2) is 0 Å². The minimum atomic E-state index is -4.06. The molecule has 1 saturated carbocycles. The Balaban J connectivity index is 1.93. The van der Waals surface area contributed by atoms with Crippen molar-refractivity contribution in [1.82, 2.24) is 5.32 Å². The van der Waals surface area contributed by atoms with Gasteiger partial charge in [0.25, 0.3) is 0 Å². The summed E-state index contributed by atoms with van der Waals surface area (Å²) in [4.78, 5) is 0. The first kappa shape index (κ1) is 16.1. The molecule has 2 nitrogen and oxygen atoms in total. The van der Waals surface area contributed by atoms with Crippen LogP contribution in [0.2, 0.25) is 0 Å². The number of aromatic hydroxyl groups is 1. The quantitative estimate of drug-likeness (QED) is 0.863. The number of phenols is 1. The molecule has 0 saturated heterocycles. The van der Waals surface area contributed by atoms with Crippen molar-refractivity contribution in [2.45, 2.75) is 57.8 Å². The third kappa shape index (κ3) is 4.13. The molecule has 1 aromatic carbocycles. The molecule has 118 valence electrons. The summed E-state index contributed by atoms with van der Waals surface area (Å²) in [6.07, 6.45) is -2.63. The maximum absolute atomic E-state index is 12.6. The van der Waals surface area contributed by atoms with Gasteiger partial charge < -0.3 is 10.4 Å². The van der Waals surface area contributed by atoms with Gasteiger partial charge >= 0.3 is 6.18 Å². The number of hydrogen-bond acceptors (Lipinski definition) is 2. The van der Waals surface area contributed by atoms with Gasteiger partial charge in [-0.05, 0) is 45.6 Å². The summed E-state index contributed by atoms with van der Waals surface area (Å²) >= 11 is 0. The zero-order valence-corrected chi connectivity index (χ0v) is 12.4. The van der Waals surface area contributed by atoms with Crippen LogP contribution in [-0.2, 0) is 0 Å². The van der Waals surface area contributed by atoms with Crippen LogP contribution in [0.5, 0.6) is 5.75 Å². The van der Waals surface area contributed by atoms with E-state index in [1.54, 1.807) is 6.07 Å². The van der Waals surface area contributed by atoms with E-state index in [-0.39, 0.29) is 30.7 Å². The lowest BCUT2D eigenvalue weighted by atomic mass is 9.85. The minimum Gasteiger partial charge on any atom is -0.508 e. The molecule has 0 amide bonds. The minimum absolute atomic E-state index is 0.0719. The molecule has 0 aromatic heterocycles. The Hall–Kier alpha value is -1.23. The van der Waals surface area contributed by atoms with Gasteiger partial charge in [-0.2, -0.15) is 13.2 Å². The summed E-state index contributed by atoms with van der Waals surface area (Å²) in [5.41, 5.74) is 1.85. The summed E-state index contributed by atoms with van der Waals surface area (Å²) in [5.74, 6) is -0.928. The Kier molecular flexibility index (Phi) is 4.81. The van der Waals surface area contributed by atoms with Crippen LogP contribution in [0.4, 0.5) is 13.2 Å². The van der Waals surface area contributed by atoms with Crippen LogP contribution in [0.15, 0.2) is 18.2 Å². The van der Waals surface area contributed by atoms with Crippen molar-refractivity contribution in [3.63, 3.8) is 0 Å². The number of aryl methyl sites for hydroxylation is 1. The smallest absolute Gasteiger partial charge is 0.391 e. The molecule has 2 rings (SSSR count). The molecule has 5 heteroatoms. The molecule has 0 aliphatic heterocycles. The average Bonchev–Trinajstić information content (AvgIpc) is 2.41. The molecule has 1 fully saturated rings. The van der Waals surface area contributed by atoms with Gasteiger partial charge in [0, 0.05) is 17.6 Å². The van der Waals surface area contributed by atoms with Gasteiger partial charge in [-0.25, -0.2) is 0 Å². The van der Waals surface area contributed by atoms with Crippen LogP contribution in [0.3, 0.4) is 0 Å². The highest BCUT2D eigenvalue weighted by Gasteiger charge is 2.41. The van der Waals surface area contributed by atoms with Crippen LogP contribution >= 0.6 is 0 Å². The van der Waals surface area contributed by atoms with Gasteiger partial charge in [-0.1, -0.05) is 17.7 Å². The topological polar surface area (TPSA) is 32.3 Å². The van der Waals surface area contributed by atoms with Crippen LogP contribution in [0.25, 0.3) is 0 Å². The zero-order chi connectivity index (χ0) is 15.6. The molecule has 21 heavy (non-hydrogen) atoms. The Bertz CT molecular complexity index is 479. The van der Waals surface area contributed by atoms with Gasteiger partial charge in [0.2, 0.25) is 0 Å². The largest absolute Gasteiger partial charge is 0.508 e. The number of benzene rings is 1. The Morgan fingerprint density at radius 2 is 1.81 bits per heavy atom. The monoisotopic (exact) mass is 301 g/mol. The number of halogens is 3. The summed E-state index contributed by atoms with van der Waals surface area (Å²) in [5, 5.41) is 13.2. The maximum atomic E-state index is 12.6. The summed E-state index contributed by atoms with van der Waals surface area (Å²) < 4.78 is 37.9. The predicted molar refractivity (Wildman–Crippen MR) is 76.2 cm³/mol. The predicted octanol–water partition coefficient (Wildman–Crippen LogP) is 4.47. The van der Waals surface area contributed by atoms with E-state index in [4.69, 9.17) is 0 Å². The van der Waals surface area contributed by atoms with E-state index in [1.165, 1.54) is 0 Å².